The van der Waals surface area contributed by atoms with Crippen molar-refractivity contribution in [3.05, 3.63) is 30.2 Å². The quantitative estimate of drug-likeness (QED) is 0.809. The molecule has 16 heavy (non-hydrogen) atoms. The molecule has 0 aromatic carbocycles. The number of thiazole rings is 1. The molecule has 0 N–H and O–H groups in total. The summed E-state index contributed by atoms with van der Waals surface area (Å²) < 4.78 is 26.3. The molecule has 0 spiro atoms. The highest BCUT2D eigenvalue weighted by Crippen LogP contribution is 2.32. The fraction of sp³-hybridized carbons (Fsp3) is 0.200. The summed E-state index contributed by atoms with van der Waals surface area (Å²) in [7, 11) is 3.45. The van der Waals surface area contributed by atoms with Crippen molar-refractivity contribution in [2.45, 2.75) is 0 Å². The van der Waals surface area contributed by atoms with E-state index in [0.717, 1.165) is 17.5 Å². The van der Waals surface area contributed by atoms with Crippen LogP contribution in [-0.2, 0) is 0 Å². The van der Waals surface area contributed by atoms with Gasteiger partial charge in [-0.3, -0.25) is 4.98 Å². The minimum Gasteiger partial charge on any atom is -0.366 e. The van der Waals surface area contributed by atoms with E-state index in [-0.39, 0.29) is 0 Å². The number of hydrogen-bond donors (Lipinski definition) is 0. The monoisotopic (exact) mass is 241 g/mol. The Kier molecular flexibility index (Phi) is 2.82. The topological polar surface area (TPSA) is 29.0 Å². The smallest absolute Gasteiger partial charge is 0.248 e. The highest BCUT2D eigenvalue weighted by atomic mass is 32.1. The van der Waals surface area contributed by atoms with Gasteiger partial charge in [-0.25, -0.2) is 9.37 Å². The van der Waals surface area contributed by atoms with E-state index in [1.807, 2.05) is 0 Å². The maximum atomic E-state index is 13.4. The predicted molar refractivity (Wildman–Crippen MR) is 59.6 cm³/mol. The molecule has 84 valence electrons. The van der Waals surface area contributed by atoms with Gasteiger partial charge in [0.25, 0.3) is 0 Å². The Balaban J connectivity index is 2.45. The molecule has 0 radical (unpaired) electrons. The van der Waals surface area contributed by atoms with Gasteiger partial charge in [0.05, 0.1) is 6.20 Å². The fourth-order valence-electron chi connectivity index (χ4n) is 1.22. The van der Waals surface area contributed by atoms with Gasteiger partial charge in [0, 0.05) is 25.9 Å². The van der Waals surface area contributed by atoms with Gasteiger partial charge in [0.2, 0.25) is 5.95 Å². The molecular formula is C10H9F2N3S. The van der Waals surface area contributed by atoms with E-state index in [9.17, 15) is 8.78 Å². The minimum atomic E-state index is -0.547. The molecule has 2 aromatic rings. The SMILES string of the molecule is CN(C)c1sc(-c2cncc(F)c2)nc1F. The minimum absolute atomic E-state index is 0.416. The first-order chi connectivity index (χ1) is 7.58. The number of pyridine rings is 1. The molecule has 3 nitrogen and oxygen atoms in total. The van der Waals surface area contributed by atoms with Crippen LogP contribution in [-0.4, -0.2) is 24.1 Å². The number of anilines is 1. The lowest BCUT2D eigenvalue weighted by atomic mass is 10.3. The zero-order valence-corrected chi connectivity index (χ0v) is 9.55. The van der Waals surface area contributed by atoms with Crippen LogP contribution in [0.4, 0.5) is 13.8 Å². The number of halogens is 2. The van der Waals surface area contributed by atoms with Gasteiger partial charge in [-0.2, -0.15) is 4.39 Å². The Labute approximate surface area is 95.4 Å². The van der Waals surface area contributed by atoms with Crippen LogP contribution in [0.15, 0.2) is 18.5 Å². The van der Waals surface area contributed by atoms with Crippen molar-refractivity contribution in [3.63, 3.8) is 0 Å². The van der Waals surface area contributed by atoms with Gasteiger partial charge in [0.15, 0.2) is 0 Å². The van der Waals surface area contributed by atoms with E-state index >= 15 is 0 Å². The second kappa shape index (κ2) is 4.13. The van der Waals surface area contributed by atoms with Crippen molar-refractivity contribution in [1.29, 1.82) is 0 Å². The first-order valence-corrected chi connectivity index (χ1v) is 5.34. The summed E-state index contributed by atoms with van der Waals surface area (Å²) in [5, 5.41) is 0.840. The average Bonchev–Trinajstić information content (AvgIpc) is 2.60. The van der Waals surface area contributed by atoms with Gasteiger partial charge in [-0.15, -0.1) is 0 Å². The maximum absolute atomic E-state index is 13.4. The van der Waals surface area contributed by atoms with Crippen LogP contribution in [0.5, 0.6) is 0 Å². The van der Waals surface area contributed by atoms with Crippen LogP contribution in [0.25, 0.3) is 10.6 Å². The highest BCUT2D eigenvalue weighted by molar-refractivity contribution is 7.18. The Morgan fingerprint density at radius 3 is 2.56 bits per heavy atom. The molecule has 0 saturated carbocycles. The number of rotatable bonds is 2. The molecule has 2 aromatic heterocycles. The van der Waals surface area contributed by atoms with E-state index in [4.69, 9.17) is 0 Å². The summed E-state index contributed by atoms with van der Waals surface area (Å²) in [6.45, 7) is 0. The number of aromatic nitrogens is 2. The molecule has 0 saturated heterocycles. The summed E-state index contributed by atoms with van der Waals surface area (Å²) >= 11 is 1.16. The van der Waals surface area contributed by atoms with Crippen molar-refractivity contribution in [2.24, 2.45) is 0 Å². The third-order valence-electron chi connectivity index (χ3n) is 1.93. The number of hydrogen-bond acceptors (Lipinski definition) is 4. The van der Waals surface area contributed by atoms with E-state index in [0.29, 0.717) is 15.6 Å². The van der Waals surface area contributed by atoms with Gasteiger partial charge in [-0.1, -0.05) is 11.3 Å². The Bertz CT molecular complexity index is 511. The van der Waals surface area contributed by atoms with Gasteiger partial charge >= 0.3 is 0 Å². The predicted octanol–water partition coefficient (Wildman–Crippen LogP) is 2.55. The average molecular weight is 241 g/mol. The molecule has 0 aliphatic rings. The lowest BCUT2D eigenvalue weighted by molar-refractivity contribution is 0.592. The molecule has 0 unspecified atom stereocenters. The lowest BCUT2D eigenvalue weighted by Gasteiger charge is -2.06. The summed E-state index contributed by atoms with van der Waals surface area (Å²) in [4.78, 5) is 9.07. The van der Waals surface area contributed by atoms with E-state index < -0.39 is 11.8 Å². The molecule has 0 atom stereocenters. The van der Waals surface area contributed by atoms with Gasteiger partial charge in [0.1, 0.15) is 15.8 Å². The lowest BCUT2D eigenvalue weighted by Crippen LogP contribution is -2.08. The molecule has 0 bridgehead atoms. The maximum Gasteiger partial charge on any atom is 0.248 e. The molecular weight excluding hydrogens is 232 g/mol. The molecule has 6 heteroatoms. The standard InChI is InChI=1S/C10H9F2N3S/c1-15(2)10-8(12)14-9(16-10)6-3-7(11)5-13-4-6/h3-5H,1-2H3. The summed E-state index contributed by atoms with van der Waals surface area (Å²) in [5.74, 6) is -1.01. The fourth-order valence-corrected chi connectivity index (χ4v) is 2.07. The van der Waals surface area contributed by atoms with Crippen LogP contribution in [0.2, 0.25) is 0 Å². The van der Waals surface area contributed by atoms with Crippen LogP contribution in [0.1, 0.15) is 0 Å². The van der Waals surface area contributed by atoms with Crippen LogP contribution in [0.3, 0.4) is 0 Å². The van der Waals surface area contributed by atoms with Crippen molar-refractivity contribution < 1.29 is 8.78 Å². The molecule has 0 amide bonds. The first kappa shape index (κ1) is 10.9. The van der Waals surface area contributed by atoms with Crippen LogP contribution < -0.4 is 4.90 Å². The van der Waals surface area contributed by atoms with Gasteiger partial charge in [-0.05, 0) is 6.07 Å². The zero-order valence-electron chi connectivity index (χ0n) is 8.74. The first-order valence-electron chi connectivity index (χ1n) is 4.52. The van der Waals surface area contributed by atoms with Crippen molar-refractivity contribution in [2.75, 3.05) is 19.0 Å². The Morgan fingerprint density at radius 1 is 1.25 bits per heavy atom. The molecule has 0 aliphatic carbocycles. The molecule has 0 fully saturated rings. The van der Waals surface area contributed by atoms with Crippen molar-refractivity contribution in [1.82, 2.24) is 9.97 Å². The number of nitrogens with zero attached hydrogens (tertiary/aromatic N) is 3. The normalized spacial score (nSPS) is 10.5. The van der Waals surface area contributed by atoms with E-state index in [1.54, 1.807) is 19.0 Å². The van der Waals surface area contributed by atoms with E-state index in [1.165, 1.54) is 12.3 Å². The third-order valence-corrected chi connectivity index (χ3v) is 3.17. The van der Waals surface area contributed by atoms with Gasteiger partial charge < -0.3 is 4.90 Å². The molecule has 2 heterocycles. The summed E-state index contributed by atoms with van der Waals surface area (Å²) in [6, 6.07) is 1.28. The highest BCUT2D eigenvalue weighted by Gasteiger charge is 2.14. The second-order valence-corrected chi connectivity index (χ2v) is 4.38. The van der Waals surface area contributed by atoms with E-state index in [2.05, 4.69) is 9.97 Å². The van der Waals surface area contributed by atoms with Crippen molar-refractivity contribution >= 4 is 16.3 Å². The Hall–Kier alpha value is -1.56. The third kappa shape index (κ3) is 2.01. The summed E-state index contributed by atoms with van der Waals surface area (Å²) in [5.41, 5.74) is 0.483. The zero-order chi connectivity index (χ0) is 11.7. The van der Waals surface area contributed by atoms with Crippen molar-refractivity contribution in [3.8, 4) is 10.6 Å². The van der Waals surface area contributed by atoms with Crippen LogP contribution >= 0.6 is 11.3 Å². The Morgan fingerprint density at radius 2 is 2.00 bits per heavy atom. The molecule has 0 aliphatic heterocycles. The molecule has 2 rings (SSSR count). The summed E-state index contributed by atoms with van der Waals surface area (Å²) in [6.07, 6.45) is 2.56. The van der Waals surface area contributed by atoms with Crippen LogP contribution in [0, 0.1) is 11.8 Å². The second-order valence-electron chi connectivity index (χ2n) is 3.40. The largest absolute Gasteiger partial charge is 0.366 e.